The summed E-state index contributed by atoms with van der Waals surface area (Å²) in [5.74, 6) is -0.150. The number of hydrogen-bond acceptors (Lipinski definition) is 4. The first-order chi connectivity index (χ1) is 7.27. The van der Waals surface area contributed by atoms with Crippen molar-refractivity contribution in [3.8, 4) is 5.75 Å². The smallest absolute Gasteiger partial charge is 0.319 e. The van der Waals surface area contributed by atoms with E-state index in [1.807, 2.05) is 24.3 Å². The van der Waals surface area contributed by atoms with Gasteiger partial charge in [-0.3, -0.25) is 4.79 Å². The molecule has 0 unspecified atom stereocenters. The first-order valence-corrected chi connectivity index (χ1v) is 4.64. The van der Waals surface area contributed by atoms with Crippen LogP contribution in [0.2, 0.25) is 0 Å². The van der Waals surface area contributed by atoms with Gasteiger partial charge in [0.1, 0.15) is 11.7 Å². The number of carbonyl (C=O) groups is 1. The van der Waals surface area contributed by atoms with Crippen molar-refractivity contribution in [1.29, 1.82) is 0 Å². The molecule has 0 saturated carbocycles. The minimum atomic E-state index is -0.588. The molecular formula is C11H12O4. The molecule has 4 nitrogen and oxygen atoms in total. The summed E-state index contributed by atoms with van der Waals surface area (Å²) in [6.07, 6.45) is -0.588. The monoisotopic (exact) mass is 208 g/mol. The van der Waals surface area contributed by atoms with Crippen molar-refractivity contribution in [3.63, 3.8) is 0 Å². The average molecular weight is 208 g/mol. The maximum Gasteiger partial charge on any atom is 0.319 e. The Morgan fingerprint density at radius 3 is 2.73 bits per heavy atom. The molecule has 15 heavy (non-hydrogen) atoms. The lowest BCUT2D eigenvalue weighted by atomic mass is 10.0. The molecule has 0 fully saturated rings. The minimum absolute atomic E-state index is 0.341. The molecule has 0 aromatic heterocycles. The highest BCUT2D eigenvalue weighted by Crippen LogP contribution is 2.38. The van der Waals surface area contributed by atoms with Gasteiger partial charge in [-0.15, -0.1) is 0 Å². The van der Waals surface area contributed by atoms with Crippen LogP contribution in [0.5, 0.6) is 5.75 Å². The Morgan fingerprint density at radius 1 is 1.33 bits per heavy atom. The summed E-state index contributed by atoms with van der Waals surface area (Å²) < 4.78 is 15.3. The Hall–Kier alpha value is -1.55. The van der Waals surface area contributed by atoms with Crippen LogP contribution in [-0.2, 0) is 14.3 Å². The standard InChI is InChI=1S/C11H12O4/c1-13-10(12)9-7-5-3-4-6-8(7)15-11(9)14-2/h3-6,9,11H,1-2H3/t9-,11-/m0/s1. The maximum atomic E-state index is 11.6. The number of rotatable bonds is 2. The van der Waals surface area contributed by atoms with Gasteiger partial charge in [0, 0.05) is 12.7 Å². The summed E-state index contributed by atoms with van der Waals surface area (Å²) in [5, 5.41) is 0. The van der Waals surface area contributed by atoms with E-state index >= 15 is 0 Å². The molecule has 80 valence electrons. The van der Waals surface area contributed by atoms with Crippen LogP contribution in [0.15, 0.2) is 24.3 Å². The van der Waals surface area contributed by atoms with E-state index in [2.05, 4.69) is 0 Å². The lowest BCUT2D eigenvalue weighted by Crippen LogP contribution is -2.27. The van der Waals surface area contributed by atoms with E-state index < -0.39 is 12.2 Å². The zero-order valence-electron chi connectivity index (χ0n) is 8.60. The second kappa shape index (κ2) is 3.90. The second-order valence-electron chi connectivity index (χ2n) is 3.26. The van der Waals surface area contributed by atoms with Crippen molar-refractivity contribution in [1.82, 2.24) is 0 Å². The molecule has 0 saturated heterocycles. The quantitative estimate of drug-likeness (QED) is 0.687. The van der Waals surface area contributed by atoms with Gasteiger partial charge in [0.05, 0.1) is 7.11 Å². The third-order valence-electron chi connectivity index (χ3n) is 2.46. The number of methoxy groups -OCH3 is 2. The van der Waals surface area contributed by atoms with Crippen LogP contribution >= 0.6 is 0 Å². The SMILES string of the molecule is COC(=O)[C@@H]1c2ccccc2O[C@@H]1OC. The molecule has 0 aliphatic carbocycles. The van der Waals surface area contributed by atoms with Crippen molar-refractivity contribution < 1.29 is 19.0 Å². The molecule has 0 radical (unpaired) electrons. The van der Waals surface area contributed by atoms with Gasteiger partial charge in [-0.25, -0.2) is 0 Å². The normalized spacial score (nSPS) is 23.1. The van der Waals surface area contributed by atoms with Crippen molar-refractivity contribution in [2.75, 3.05) is 14.2 Å². The molecule has 1 heterocycles. The van der Waals surface area contributed by atoms with E-state index in [0.717, 1.165) is 5.56 Å². The third-order valence-corrected chi connectivity index (χ3v) is 2.46. The first-order valence-electron chi connectivity index (χ1n) is 4.64. The Kier molecular flexibility index (Phi) is 2.60. The molecular weight excluding hydrogens is 196 g/mol. The molecule has 0 bridgehead atoms. The first kappa shape index (κ1) is 9.98. The third kappa shape index (κ3) is 1.57. The Morgan fingerprint density at radius 2 is 2.07 bits per heavy atom. The van der Waals surface area contributed by atoms with Crippen LogP contribution in [0.25, 0.3) is 0 Å². The summed E-state index contributed by atoms with van der Waals surface area (Å²) in [6.45, 7) is 0. The number of benzene rings is 1. The molecule has 1 aliphatic heterocycles. The summed E-state index contributed by atoms with van der Waals surface area (Å²) in [4.78, 5) is 11.6. The van der Waals surface area contributed by atoms with Crippen LogP contribution < -0.4 is 4.74 Å². The average Bonchev–Trinajstić information content (AvgIpc) is 2.66. The molecule has 1 aromatic rings. The zero-order chi connectivity index (χ0) is 10.8. The summed E-state index contributed by atoms with van der Waals surface area (Å²) in [6, 6.07) is 7.36. The Labute approximate surface area is 87.8 Å². The van der Waals surface area contributed by atoms with Crippen molar-refractivity contribution >= 4 is 5.97 Å². The van der Waals surface area contributed by atoms with E-state index in [0.29, 0.717) is 5.75 Å². The fraction of sp³-hybridized carbons (Fsp3) is 0.364. The Balaban J connectivity index is 2.38. The molecule has 2 rings (SSSR count). The highest BCUT2D eigenvalue weighted by Gasteiger charge is 2.40. The number of fused-ring (bicyclic) bond motifs is 1. The van der Waals surface area contributed by atoms with Crippen LogP contribution in [0.1, 0.15) is 11.5 Å². The van der Waals surface area contributed by atoms with Gasteiger partial charge in [-0.2, -0.15) is 0 Å². The number of ether oxygens (including phenoxy) is 3. The molecule has 1 aromatic carbocycles. The molecule has 0 N–H and O–H groups in total. The highest BCUT2D eigenvalue weighted by atomic mass is 16.7. The van der Waals surface area contributed by atoms with Crippen molar-refractivity contribution in [2.45, 2.75) is 12.2 Å². The lowest BCUT2D eigenvalue weighted by Gasteiger charge is -2.14. The van der Waals surface area contributed by atoms with Gasteiger partial charge < -0.3 is 14.2 Å². The zero-order valence-corrected chi connectivity index (χ0v) is 8.60. The maximum absolute atomic E-state index is 11.6. The van der Waals surface area contributed by atoms with Gasteiger partial charge >= 0.3 is 5.97 Å². The lowest BCUT2D eigenvalue weighted by molar-refractivity contribution is -0.151. The van der Waals surface area contributed by atoms with Gasteiger partial charge in [-0.1, -0.05) is 18.2 Å². The topological polar surface area (TPSA) is 44.8 Å². The van der Waals surface area contributed by atoms with E-state index in [-0.39, 0.29) is 5.97 Å². The van der Waals surface area contributed by atoms with Crippen molar-refractivity contribution in [2.24, 2.45) is 0 Å². The predicted molar refractivity (Wildman–Crippen MR) is 52.6 cm³/mol. The molecule has 2 atom stereocenters. The second-order valence-corrected chi connectivity index (χ2v) is 3.26. The van der Waals surface area contributed by atoms with Crippen LogP contribution in [0, 0.1) is 0 Å². The van der Waals surface area contributed by atoms with Crippen molar-refractivity contribution in [3.05, 3.63) is 29.8 Å². The molecule has 1 aliphatic rings. The molecule has 0 spiro atoms. The van der Waals surface area contributed by atoms with E-state index in [9.17, 15) is 4.79 Å². The van der Waals surface area contributed by atoms with E-state index in [1.165, 1.54) is 14.2 Å². The summed E-state index contributed by atoms with van der Waals surface area (Å²) >= 11 is 0. The summed E-state index contributed by atoms with van der Waals surface area (Å²) in [5.41, 5.74) is 0.816. The fourth-order valence-electron chi connectivity index (χ4n) is 1.73. The van der Waals surface area contributed by atoms with Crippen LogP contribution in [0.3, 0.4) is 0 Å². The number of para-hydroxylation sites is 1. The minimum Gasteiger partial charge on any atom is -0.468 e. The molecule has 0 amide bonds. The predicted octanol–water partition coefficient (Wildman–Crippen LogP) is 1.31. The van der Waals surface area contributed by atoms with E-state index in [1.54, 1.807) is 0 Å². The summed E-state index contributed by atoms with van der Waals surface area (Å²) in [7, 11) is 2.86. The van der Waals surface area contributed by atoms with Crippen LogP contribution in [0.4, 0.5) is 0 Å². The van der Waals surface area contributed by atoms with Gasteiger partial charge in [0.15, 0.2) is 0 Å². The largest absolute Gasteiger partial charge is 0.468 e. The fourth-order valence-corrected chi connectivity index (χ4v) is 1.73. The van der Waals surface area contributed by atoms with E-state index in [4.69, 9.17) is 14.2 Å². The number of esters is 1. The number of carbonyl (C=O) groups excluding carboxylic acids is 1. The highest BCUT2D eigenvalue weighted by molar-refractivity contribution is 5.80. The van der Waals surface area contributed by atoms with Crippen LogP contribution in [-0.4, -0.2) is 26.5 Å². The van der Waals surface area contributed by atoms with Gasteiger partial charge in [0.2, 0.25) is 6.29 Å². The van der Waals surface area contributed by atoms with Gasteiger partial charge in [0.25, 0.3) is 0 Å². The number of hydrogen-bond donors (Lipinski definition) is 0. The Bertz CT molecular complexity index is 375. The molecule has 4 heteroatoms. The van der Waals surface area contributed by atoms with Gasteiger partial charge in [-0.05, 0) is 6.07 Å².